The first-order chi connectivity index (χ1) is 11.2. The van der Waals surface area contributed by atoms with Gasteiger partial charge in [0.2, 0.25) is 0 Å². The molecule has 146 valence electrons. The van der Waals surface area contributed by atoms with Crippen molar-refractivity contribution < 1.29 is 33.6 Å². The molecule has 5 atom stereocenters. The minimum atomic E-state index is -4.02. The van der Waals surface area contributed by atoms with Gasteiger partial charge in [0.05, 0.1) is 0 Å². The predicted molar refractivity (Wildman–Crippen MR) is 87.9 cm³/mol. The molecule has 25 heavy (non-hydrogen) atoms. The van der Waals surface area contributed by atoms with E-state index in [0.29, 0.717) is 19.3 Å². The Morgan fingerprint density at radius 2 is 1.28 bits per heavy atom. The molecule has 10 heteroatoms. The lowest BCUT2D eigenvalue weighted by Crippen LogP contribution is -2.48. The lowest BCUT2D eigenvalue weighted by molar-refractivity contribution is -0.0505. The fraction of sp³-hybridized carbons (Fsp3) is 1.00. The van der Waals surface area contributed by atoms with Crippen LogP contribution in [-0.2, 0) is 37.5 Å². The number of hydrogen-bond donors (Lipinski definition) is 0. The third-order valence-electron chi connectivity index (χ3n) is 5.47. The van der Waals surface area contributed by atoms with E-state index in [1.165, 1.54) is 0 Å². The Morgan fingerprint density at radius 1 is 0.760 bits per heavy atom. The highest BCUT2D eigenvalue weighted by Crippen LogP contribution is 2.50. The van der Waals surface area contributed by atoms with E-state index < -0.39 is 56.0 Å². The van der Waals surface area contributed by atoms with Crippen LogP contribution in [0.3, 0.4) is 0 Å². The third-order valence-corrected chi connectivity index (χ3v) is 7.30. The number of fused-ring (bicyclic) bond motifs is 2. The van der Waals surface area contributed by atoms with Crippen molar-refractivity contribution in [1.29, 1.82) is 0 Å². The average molecular weight is 398 g/mol. The second-order valence-electron chi connectivity index (χ2n) is 8.75. The maximum absolute atomic E-state index is 11.9. The highest BCUT2D eigenvalue weighted by Gasteiger charge is 2.56. The van der Waals surface area contributed by atoms with Crippen molar-refractivity contribution in [1.82, 2.24) is 0 Å². The summed E-state index contributed by atoms with van der Waals surface area (Å²) < 4.78 is 68.3. The standard InChI is InChI=1S/C15H26O8S2/c1-9-6-7-10-12(22-24(16,17)20-10)14(2,3)8-15(4,5)13-11(9)21-25(18,19)23-13/h9-13H,6-8H2,1-5H3. The first-order valence-corrected chi connectivity index (χ1v) is 11.1. The molecule has 8 nitrogen and oxygen atoms in total. The van der Waals surface area contributed by atoms with Crippen molar-refractivity contribution in [2.24, 2.45) is 16.7 Å². The van der Waals surface area contributed by atoms with E-state index in [1.807, 2.05) is 34.6 Å². The Kier molecular flexibility index (Phi) is 4.58. The van der Waals surface area contributed by atoms with Gasteiger partial charge in [0.1, 0.15) is 24.4 Å². The molecule has 3 aliphatic rings. The lowest BCUT2D eigenvalue weighted by atomic mass is 9.65. The monoisotopic (exact) mass is 398 g/mol. The van der Waals surface area contributed by atoms with Crippen LogP contribution in [0.5, 0.6) is 0 Å². The highest BCUT2D eigenvalue weighted by atomic mass is 32.3. The van der Waals surface area contributed by atoms with E-state index in [2.05, 4.69) is 0 Å². The maximum Gasteiger partial charge on any atom is 0.400 e. The Bertz CT molecular complexity index is 739. The van der Waals surface area contributed by atoms with Gasteiger partial charge in [0, 0.05) is 0 Å². The minimum Gasteiger partial charge on any atom is -0.242 e. The van der Waals surface area contributed by atoms with Crippen LogP contribution in [0.15, 0.2) is 0 Å². The van der Waals surface area contributed by atoms with Crippen molar-refractivity contribution in [2.45, 2.75) is 78.3 Å². The van der Waals surface area contributed by atoms with Crippen LogP contribution in [0.25, 0.3) is 0 Å². The van der Waals surface area contributed by atoms with Gasteiger partial charge in [-0.3, -0.25) is 0 Å². The van der Waals surface area contributed by atoms with E-state index in [1.54, 1.807) is 0 Å². The van der Waals surface area contributed by atoms with Crippen LogP contribution in [0.1, 0.15) is 53.9 Å². The molecule has 0 aromatic rings. The zero-order valence-corrected chi connectivity index (χ0v) is 16.7. The van der Waals surface area contributed by atoms with Gasteiger partial charge < -0.3 is 0 Å². The molecular weight excluding hydrogens is 372 g/mol. The van der Waals surface area contributed by atoms with Crippen molar-refractivity contribution in [3.63, 3.8) is 0 Å². The topological polar surface area (TPSA) is 105 Å². The van der Waals surface area contributed by atoms with E-state index in [4.69, 9.17) is 16.7 Å². The van der Waals surface area contributed by atoms with Gasteiger partial charge in [-0.2, -0.15) is 16.8 Å². The Morgan fingerprint density at radius 3 is 1.92 bits per heavy atom. The SMILES string of the molecule is CC1CCC2OS(=O)(=O)OC2C(C)(C)CC(C)(C)C2OS(=O)(=O)OC12. The summed E-state index contributed by atoms with van der Waals surface area (Å²) in [5, 5.41) is 0. The number of hydrogen-bond acceptors (Lipinski definition) is 8. The van der Waals surface area contributed by atoms with Crippen molar-refractivity contribution in [3.05, 3.63) is 0 Å². The summed E-state index contributed by atoms with van der Waals surface area (Å²) in [6, 6.07) is 0. The van der Waals surface area contributed by atoms with E-state index >= 15 is 0 Å². The zero-order valence-electron chi connectivity index (χ0n) is 15.1. The summed E-state index contributed by atoms with van der Waals surface area (Å²) in [6.45, 7) is 9.50. The van der Waals surface area contributed by atoms with Gasteiger partial charge in [0.15, 0.2) is 0 Å². The van der Waals surface area contributed by atoms with Crippen molar-refractivity contribution in [3.8, 4) is 0 Å². The molecule has 3 fully saturated rings. The molecule has 2 saturated heterocycles. The highest BCUT2D eigenvalue weighted by molar-refractivity contribution is 7.82. The van der Waals surface area contributed by atoms with Gasteiger partial charge in [-0.05, 0) is 36.0 Å². The molecule has 5 unspecified atom stereocenters. The summed E-state index contributed by atoms with van der Waals surface area (Å²) in [6.07, 6.45) is -1.01. The lowest BCUT2D eigenvalue weighted by Gasteiger charge is -2.43. The molecule has 0 radical (unpaired) electrons. The second-order valence-corrected chi connectivity index (χ2v) is 11.2. The zero-order chi connectivity index (χ0) is 18.8. The van der Waals surface area contributed by atoms with E-state index in [-0.39, 0.29) is 5.92 Å². The molecular formula is C15H26O8S2. The van der Waals surface area contributed by atoms with Crippen LogP contribution in [0.2, 0.25) is 0 Å². The Balaban J connectivity index is 2.00. The van der Waals surface area contributed by atoms with Gasteiger partial charge in [-0.25, -0.2) is 16.7 Å². The molecule has 2 heterocycles. The molecule has 0 amide bonds. The van der Waals surface area contributed by atoms with Crippen molar-refractivity contribution >= 4 is 20.8 Å². The maximum atomic E-state index is 11.9. The summed E-state index contributed by atoms with van der Waals surface area (Å²) >= 11 is 0. The van der Waals surface area contributed by atoms with E-state index in [9.17, 15) is 16.8 Å². The van der Waals surface area contributed by atoms with Crippen LogP contribution in [0, 0.1) is 16.7 Å². The van der Waals surface area contributed by atoms with Crippen LogP contribution in [-0.4, -0.2) is 41.3 Å². The van der Waals surface area contributed by atoms with Crippen LogP contribution >= 0.6 is 0 Å². The second kappa shape index (κ2) is 5.87. The quantitative estimate of drug-likeness (QED) is 0.609. The molecule has 0 bridgehead atoms. The predicted octanol–water partition coefficient (Wildman–Crippen LogP) is 1.92. The molecule has 2 aliphatic heterocycles. The third kappa shape index (κ3) is 3.74. The molecule has 0 aromatic carbocycles. The minimum absolute atomic E-state index is 0.143. The first-order valence-electron chi connectivity index (χ1n) is 8.45. The molecule has 0 spiro atoms. The normalized spacial score (nSPS) is 44.6. The molecule has 0 aromatic heterocycles. The summed E-state index contributed by atoms with van der Waals surface area (Å²) in [5.74, 6) is -0.143. The Labute approximate surface area is 149 Å². The average Bonchev–Trinajstić information content (AvgIpc) is 2.91. The summed E-state index contributed by atoms with van der Waals surface area (Å²) in [5.41, 5.74) is -1.15. The Hall–Kier alpha value is -0.260. The van der Waals surface area contributed by atoms with Gasteiger partial charge in [-0.1, -0.05) is 34.6 Å². The molecule has 3 rings (SSSR count). The smallest absolute Gasteiger partial charge is 0.242 e. The first kappa shape index (κ1) is 19.5. The molecule has 1 saturated carbocycles. The number of rotatable bonds is 0. The largest absolute Gasteiger partial charge is 0.400 e. The molecule has 1 aliphatic carbocycles. The van der Waals surface area contributed by atoms with Crippen LogP contribution in [0.4, 0.5) is 0 Å². The fourth-order valence-electron chi connectivity index (χ4n) is 4.57. The van der Waals surface area contributed by atoms with Gasteiger partial charge >= 0.3 is 20.8 Å². The fourth-order valence-corrected chi connectivity index (χ4v) is 6.99. The van der Waals surface area contributed by atoms with Crippen LogP contribution < -0.4 is 0 Å². The molecule has 0 N–H and O–H groups in total. The summed E-state index contributed by atoms with van der Waals surface area (Å²) in [4.78, 5) is 0. The van der Waals surface area contributed by atoms with E-state index in [0.717, 1.165) is 0 Å². The summed E-state index contributed by atoms with van der Waals surface area (Å²) in [7, 11) is -8.03. The van der Waals surface area contributed by atoms with Gasteiger partial charge in [0.25, 0.3) is 0 Å². The van der Waals surface area contributed by atoms with Crippen molar-refractivity contribution in [2.75, 3.05) is 0 Å². The van der Waals surface area contributed by atoms with Gasteiger partial charge in [-0.15, -0.1) is 0 Å².